The molecule has 0 unspecified atom stereocenters. The Bertz CT molecular complexity index is 3290. The molecule has 0 saturated carbocycles. The summed E-state index contributed by atoms with van der Waals surface area (Å²) < 4.78 is 0. The van der Waals surface area contributed by atoms with Gasteiger partial charge in [0.15, 0.2) is 0 Å². The van der Waals surface area contributed by atoms with Gasteiger partial charge in [0.05, 0.1) is 0 Å². The van der Waals surface area contributed by atoms with Crippen LogP contribution < -0.4 is 0 Å². The van der Waals surface area contributed by atoms with Crippen molar-refractivity contribution in [3.8, 4) is 55.6 Å². The average molecular weight is 709 g/mol. The summed E-state index contributed by atoms with van der Waals surface area (Å²) in [4.78, 5) is 0. The minimum absolute atomic E-state index is 1.21. The molecule has 0 N–H and O–H groups in total. The molecule has 0 fully saturated rings. The first-order valence-electron chi connectivity index (χ1n) is 19.4. The molecule has 0 heterocycles. The van der Waals surface area contributed by atoms with Gasteiger partial charge in [0.25, 0.3) is 0 Å². The van der Waals surface area contributed by atoms with Crippen molar-refractivity contribution in [2.45, 2.75) is 0 Å². The molecule has 260 valence electrons. The lowest BCUT2D eigenvalue weighted by atomic mass is 9.81. The van der Waals surface area contributed by atoms with Crippen molar-refractivity contribution in [3.05, 3.63) is 218 Å². The SMILES string of the molecule is c1ccc(-c2c3ccccc3c(-c3ccccc3-c3cccc4ccccc34)c3cc(-c4cccc5ccccc45)ccc23)c(-c2cccc3ccccc23)c1. The summed E-state index contributed by atoms with van der Waals surface area (Å²) >= 11 is 0. The second-order valence-electron chi connectivity index (χ2n) is 14.7. The van der Waals surface area contributed by atoms with E-state index in [1.807, 2.05) is 0 Å². The standard InChI is InChI=1S/C56H36/c1-4-22-41-37(16-1)19-13-31-44(41)40-34-35-53-54(36-40)56(50-28-10-8-26-48(50)46-33-15-21-39-18-3-6-24-43(39)46)52-30-12-11-29-51(52)55(53)49-27-9-7-25-47(49)45-32-14-20-38-17-2-5-23-42(38)45/h1-36H. The molecule has 11 aromatic carbocycles. The molecule has 0 heteroatoms. The quantitative estimate of drug-likeness (QED) is 0.156. The fourth-order valence-corrected chi connectivity index (χ4v) is 9.20. The first-order chi connectivity index (χ1) is 27.8. The lowest BCUT2D eigenvalue weighted by Crippen LogP contribution is -1.95. The van der Waals surface area contributed by atoms with Gasteiger partial charge >= 0.3 is 0 Å². The van der Waals surface area contributed by atoms with Gasteiger partial charge in [0, 0.05) is 0 Å². The van der Waals surface area contributed by atoms with Crippen LogP contribution in [-0.2, 0) is 0 Å². The maximum atomic E-state index is 2.46. The summed E-state index contributed by atoms with van der Waals surface area (Å²) in [5, 5.41) is 12.5. The highest BCUT2D eigenvalue weighted by molar-refractivity contribution is 6.24. The smallest absolute Gasteiger partial charge is 0.00199 e. The molecule has 0 nitrogen and oxygen atoms in total. The number of benzene rings is 11. The van der Waals surface area contributed by atoms with Gasteiger partial charge in [-0.25, -0.2) is 0 Å². The van der Waals surface area contributed by atoms with E-state index in [4.69, 9.17) is 0 Å². The van der Waals surface area contributed by atoms with E-state index in [0.717, 1.165) is 0 Å². The number of rotatable bonds is 5. The minimum atomic E-state index is 1.21. The molecule has 0 aliphatic heterocycles. The summed E-state index contributed by atoms with van der Waals surface area (Å²) in [6.07, 6.45) is 0. The van der Waals surface area contributed by atoms with Crippen LogP contribution in [0.3, 0.4) is 0 Å². The molecule has 0 amide bonds. The molecule has 0 bridgehead atoms. The average Bonchev–Trinajstić information content (AvgIpc) is 3.27. The summed E-state index contributed by atoms with van der Waals surface area (Å²) in [6, 6.07) is 80.5. The van der Waals surface area contributed by atoms with Gasteiger partial charge in [-0.15, -0.1) is 0 Å². The molecule has 11 aromatic rings. The monoisotopic (exact) mass is 708 g/mol. The third kappa shape index (κ3) is 5.15. The largest absolute Gasteiger partial charge is 0.0616 e. The van der Waals surface area contributed by atoms with Crippen molar-refractivity contribution in [2.24, 2.45) is 0 Å². The Hall–Kier alpha value is -7.28. The Morgan fingerprint density at radius 1 is 0.179 bits per heavy atom. The zero-order valence-corrected chi connectivity index (χ0v) is 30.8. The fourth-order valence-electron chi connectivity index (χ4n) is 9.20. The van der Waals surface area contributed by atoms with Crippen LogP contribution in [0.4, 0.5) is 0 Å². The van der Waals surface area contributed by atoms with E-state index in [2.05, 4.69) is 218 Å². The van der Waals surface area contributed by atoms with E-state index in [1.54, 1.807) is 0 Å². The Morgan fingerprint density at radius 2 is 0.500 bits per heavy atom. The fraction of sp³-hybridized carbons (Fsp3) is 0. The highest BCUT2D eigenvalue weighted by Crippen LogP contribution is 2.50. The third-order valence-corrected chi connectivity index (χ3v) is 11.7. The predicted octanol–water partition coefficient (Wildman–Crippen LogP) is 15.8. The normalized spacial score (nSPS) is 11.6. The Kier molecular flexibility index (Phi) is 7.60. The molecule has 0 aromatic heterocycles. The van der Waals surface area contributed by atoms with Crippen molar-refractivity contribution in [2.75, 3.05) is 0 Å². The van der Waals surface area contributed by atoms with E-state index < -0.39 is 0 Å². The molecule has 0 saturated heterocycles. The van der Waals surface area contributed by atoms with Crippen molar-refractivity contribution in [1.82, 2.24) is 0 Å². The van der Waals surface area contributed by atoms with Gasteiger partial charge in [0.1, 0.15) is 0 Å². The molecule has 0 spiro atoms. The maximum absolute atomic E-state index is 2.46. The van der Waals surface area contributed by atoms with Gasteiger partial charge in [-0.2, -0.15) is 0 Å². The van der Waals surface area contributed by atoms with E-state index in [9.17, 15) is 0 Å². The van der Waals surface area contributed by atoms with E-state index in [1.165, 1.54) is 109 Å². The van der Waals surface area contributed by atoms with Crippen molar-refractivity contribution in [3.63, 3.8) is 0 Å². The Balaban J connectivity index is 1.28. The molecule has 56 heavy (non-hydrogen) atoms. The highest BCUT2D eigenvalue weighted by atomic mass is 14.2. The maximum Gasteiger partial charge on any atom is -0.00199 e. The van der Waals surface area contributed by atoms with Gasteiger partial charge in [-0.05, 0) is 116 Å². The van der Waals surface area contributed by atoms with Crippen LogP contribution in [0.25, 0.3) is 109 Å². The Labute approximate surface area is 326 Å². The number of hydrogen-bond donors (Lipinski definition) is 0. The molecular formula is C56H36. The topological polar surface area (TPSA) is 0 Å². The third-order valence-electron chi connectivity index (χ3n) is 11.7. The predicted molar refractivity (Wildman–Crippen MR) is 241 cm³/mol. The lowest BCUT2D eigenvalue weighted by Gasteiger charge is -2.22. The summed E-state index contributed by atoms with van der Waals surface area (Å²) in [6.45, 7) is 0. The minimum Gasteiger partial charge on any atom is -0.0616 e. The highest BCUT2D eigenvalue weighted by Gasteiger charge is 2.22. The molecule has 0 atom stereocenters. The molecular weight excluding hydrogens is 673 g/mol. The summed E-state index contributed by atoms with van der Waals surface area (Å²) in [5.74, 6) is 0. The van der Waals surface area contributed by atoms with Gasteiger partial charge < -0.3 is 0 Å². The second kappa shape index (κ2) is 13.2. The van der Waals surface area contributed by atoms with Gasteiger partial charge in [-0.3, -0.25) is 0 Å². The lowest BCUT2D eigenvalue weighted by molar-refractivity contribution is 1.61. The first kappa shape index (κ1) is 32.2. The van der Waals surface area contributed by atoms with Crippen molar-refractivity contribution >= 4 is 53.9 Å². The van der Waals surface area contributed by atoms with E-state index >= 15 is 0 Å². The van der Waals surface area contributed by atoms with Crippen LogP contribution >= 0.6 is 0 Å². The van der Waals surface area contributed by atoms with Crippen LogP contribution in [0, 0.1) is 0 Å². The number of fused-ring (bicyclic) bond motifs is 5. The molecule has 11 rings (SSSR count). The molecule has 0 radical (unpaired) electrons. The van der Waals surface area contributed by atoms with E-state index in [0.29, 0.717) is 0 Å². The van der Waals surface area contributed by atoms with Crippen LogP contribution in [0.5, 0.6) is 0 Å². The molecule has 0 aliphatic rings. The zero-order valence-electron chi connectivity index (χ0n) is 30.8. The van der Waals surface area contributed by atoms with Crippen molar-refractivity contribution in [1.29, 1.82) is 0 Å². The zero-order chi connectivity index (χ0) is 37.0. The van der Waals surface area contributed by atoms with Crippen LogP contribution in [0.2, 0.25) is 0 Å². The van der Waals surface area contributed by atoms with Crippen LogP contribution in [0.15, 0.2) is 218 Å². The number of hydrogen-bond acceptors (Lipinski definition) is 0. The van der Waals surface area contributed by atoms with Crippen LogP contribution in [0.1, 0.15) is 0 Å². The Morgan fingerprint density at radius 3 is 1.00 bits per heavy atom. The summed E-state index contributed by atoms with van der Waals surface area (Å²) in [7, 11) is 0. The second-order valence-corrected chi connectivity index (χ2v) is 14.7. The van der Waals surface area contributed by atoms with Crippen LogP contribution in [-0.4, -0.2) is 0 Å². The van der Waals surface area contributed by atoms with Crippen molar-refractivity contribution < 1.29 is 0 Å². The van der Waals surface area contributed by atoms with Gasteiger partial charge in [0.2, 0.25) is 0 Å². The molecule has 0 aliphatic carbocycles. The van der Waals surface area contributed by atoms with E-state index in [-0.39, 0.29) is 0 Å². The first-order valence-corrected chi connectivity index (χ1v) is 19.4. The summed E-state index contributed by atoms with van der Waals surface area (Å²) in [5.41, 5.74) is 12.4. The van der Waals surface area contributed by atoms with Gasteiger partial charge in [-0.1, -0.05) is 212 Å².